The van der Waals surface area contributed by atoms with E-state index in [0.29, 0.717) is 18.4 Å². The number of hydrogen-bond donors (Lipinski definition) is 2. The molecule has 0 amide bonds. The highest BCUT2D eigenvalue weighted by Gasteiger charge is 2.09. The average molecular weight is 224 g/mol. The second kappa shape index (κ2) is 5.46. The van der Waals surface area contributed by atoms with Crippen molar-refractivity contribution in [3.05, 3.63) is 45.3 Å². The van der Waals surface area contributed by atoms with Crippen molar-refractivity contribution in [3.8, 4) is 0 Å². The Bertz CT molecular complexity index is 473. The lowest BCUT2D eigenvalue weighted by Crippen LogP contribution is -2.31. The van der Waals surface area contributed by atoms with E-state index < -0.39 is 17.4 Å². The zero-order chi connectivity index (χ0) is 12.1. The Morgan fingerprint density at radius 1 is 1.62 bits per heavy atom. The molecule has 16 heavy (non-hydrogen) atoms. The fourth-order valence-electron chi connectivity index (χ4n) is 1.43. The number of H-pyrrole nitrogens is 1. The molecule has 1 heterocycles. The number of aliphatic hydroxyl groups is 1. The van der Waals surface area contributed by atoms with Crippen LogP contribution in [0.15, 0.2) is 28.4 Å². The Hall–Kier alpha value is -1.62. The normalized spacial score (nSPS) is 12.4. The molecule has 0 radical (unpaired) electrons. The number of nitrogens with one attached hydrogen (secondary N) is 1. The van der Waals surface area contributed by atoms with Crippen LogP contribution in [0.2, 0.25) is 0 Å². The van der Waals surface area contributed by atoms with Crippen molar-refractivity contribution in [2.24, 2.45) is 7.05 Å². The Balaban J connectivity index is 2.81. The molecule has 0 aliphatic carbocycles. The monoisotopic (exact) mass is 224 g/mol. The van der Waals surface area contributed by atoms with E-state index in [0.717, 1.165) is 0 Å². The fraction of sp³-hybridized carbons (Fsp3) is 0.455. The lowest BCUT2D eigenvalue weighted by atomic mass is 10.1. The van der Waals surface area contributed by atoms with Gasteiger partial charge in [-0.3, -0.25) is 9.78 Å². The molecule has 0 aromatic carbocycles. The highest BCUT2D eigenvalue weighted by Crippen LogP contribution is 2.03. The minimum absolute atomic E-state index is 0.247. The molecule has 1 atom stereocenters. The molecule has 88 valence electrons. The van der Waals surface area contributed by atoms with Gasteiger partial charge in [-0.1, -0.05) is 6.08 Å². The van der Waals surface area contributed by atoms with E-state index in [1.165, 1.54) is 10.8 Å². The van der Waals surface area contributed by atoms with Gasteiger partial charge in [0.25, 0.3) is 5.56 Å². The molecular formula is C11H16N2O3. The van der Waals surface area contributed by atoms with Crippen molar-refractivity contribution in [3.63, 3.8) is 0 Å². The zero-order valence-corrected chi connectivity index (χ0v) is 9.27. The second-order valence-corrected chi connectivity index (χ2v) is 3.75. The van der Waals surface area contributed by atoms with Gasteiger partial charge in [0.05, 0.1) is 6.10 Å². The number of aromatic nitrogens is 2. The van der Waals surface area contributed by atoms with Crippen LogP contribution in [0.25, 0.3) is 0 Å². The summed E-state index contributed by atoms with van der Waals surface area (Å²) in [5.74, 6) is 0. The van der Waals surface area contributed by atoms with E-state index in [2.05, 4.69) is 11.6 Å². The molecule has 1 unspecified atom stereocenters. The minimum Gasteiger partial charge on any atom is -0.393 e. The molecule has 0 fully saturated rings. The lowest BCUT2D eigenvalue weighted by Gasteiger charge is -2.08. The summed E-state index contributed by atoms with van der Waals surface area (Å²) in [7, 11) is 1.55. The molecule has 2 N–H and O–H groups in total. The van der Waals surface area contributed by atoms with E-state index in [9.17, 15) is 14.7 Å². The van der Waals surface area contributed by atoms with Crippen molar-refractivity contribution in [1.29, 1.82) is 0 Å². The fourth-order valence-corrected chi connectivity index (χ4v) is 1.43. The number of aliphatic hydroxyl groups excluding tert-OH is 1. The zero-order valence-electron chi connectivity index (χ0n) is 9.27. The summed E-state index contributed by atoms with van der Waals surface area (Å²) in [5.41, 5.74) is -0.464. The van der Waals surface area contributed by atoms with Gasteiger partial charge in [0, 0.05) is 25.2 Å². The van der Waals surface area contributed by atoms with Gasteiger partial charge in [-0.2, -0.15) is 0 Å². The molecule has 5 heteroatoms. The van der Waals surface area contributed by atoms with Gasteiger partial charge >= 0.3 is 5.69 Å². The van der Waals surface area contributed by atoms with E-state index in [-0.39, 0.29) is 6.42 Å². The maximum atomic E-state index is 11.4. The minimum atomic E-state index is -0.586. The first kappa shape index (κ1) is 12.4. The summed E-state index contributed by atoms with van der Waals surface area (Å²) >= 11 is 0. The topological polar surface area (TPSA) is 75.1 Å². The third-order valence-corrected chi connectivity index (χ3v) is 2.34. The van der Waals surface area contributed by atoms with Crippen molar-refractivity contribution < 1.29 is 5.11 Å². The molecule has 1 rings (SSSR count). The van der Waals surface area contributed by atoms with E-state index in [1.54, 1.807) is 13.1 Å². The summed E-state index contributed by atoms with van der Waals surface area (Å²) in [6.45, 7) is 3.56. The van der Waals surface area contributed by atoms with Gasteiger partial charge < -0.3 is 9.67 Å². The third kappa shape index (κ3) is 3.20. The Kier molecular flexibility index (Phi) is 4.25. The highest BCUT2D eigenvalue weighted by molar-refractivity contribution is 5.05. The van der Waals surface area contributed by atoms with Crippen LogP contribution in [0.3, 0.4) is 0 Å². The number of rotatable bonds is 5. The molecule has 0 aliphatic rings. The van der Waals surface area contributed by atoms with Crippen molar-refractivity contribution in [2.75, 3.05) is 0 Å². The van der Waals surface area contributed by atoms with Crippen LogP contribution in [0, 0.1) is 0 Å². The molecule has 0 spiro atoms. The summed E-state index contributed by atoms with van der Waals surface area (Å²) in [5, 5.41) is 9.63. The number of aryl methyl sites for hydroxylation is 1. The Morgan fingerprint density at radius 2 is 2.31 bits per heavy atom. The van der Waals surface area contributed by atoms with Crippen molar-refractivity contribution >= 4 is 0 Å². The van der Waals surface area contributed by atoms with E-state index in [1.807, 2.05) is 0 Å². The predicted molar refractivity (Wildman–Crippen MR) is 61.4 cm³/mol. The number of hydrogen-bond acceptors (Lipinski definition) is 3. The van der Waals surface area contributed by atoms with Crippen LogP contribution < -0.4 is 11.2 Å². The van der Waals surface area contributed by atoms with Gasteiger partial charge in [0.15, 0.2) is 0 Å². The molecule has 0 saturated carbocycles. The Labute approximate surface area is 93.1 Å². The third-order valence-electron chi connectivity index (χ3n) is 2.34. The van der Waals surface area contributed by atoms with Crippen LogP contribution >= 0.6 is 0 Å². The first-order valence-electron chi connectivity index (χ1n) is 5.12. The van der Waals surface area contributed by atoms with Crippen LogP contribution in [0.1, 0.15) is 18.4 Å². The SMILES string of the molecule is C=CCCC(O)Cc1cn(C)c(=O)[nH]c1=O. The molecule has 0 aliphatic heterocycles. The summed E-state index contributed by atoms with van der Waals surface area (Å²) in [4.78, 5) is 24.7. The summed E-state index contributed by atoms with van der Waals surface area (Å²) < 4.78 is 1.29. The average Bonchev–Trinajstić information content (AvgIpc) is 2.23. The van der Waals surface area contributed by atoms with Gasteiger partial charge in [-0.05, 0) is 12.8 Å². The maximum Gasteiger partial charge on any atom is 0.328 e. The van der Waals surface area contributed by atoms with E-state index >= 15 is 0 Å². The van der Waals surface area contributed by atoms with Crippen LogP contribution in [0.5, 0.6) is 0 Å². The largest absolute Gasteiger partial charge is 0.393 e. The van der Waals surface area contributed by atoms with Gasteiger partial charge in [0.2, 0.25) is 0 Å². The predicted octanol–water partition coefficient (Wildman–Crippen LogP) is -0.0568. The first-order chi connectivity index (χ1) is 7.54. The highest BCUT2D eigenvalue weighted by atomic mass is 16.3. The van der Waals surface area contributed by atoms with Gasteiger partial charge in [0.1, 0.15) is 0 Å². The molecular weight excluding hydrogens is 208 g/mol. The Morgan fingerprint density at radius 3 is 2.94 bits per heavy atom. The molecule has 0 bridgehead atoms. The molecule has 5 nitrogen and oxygen atoms in total. The molecule has 0 saturated heterocycles. The van der Waals surface area contributed by atoms with Crippen LogP contribution in [0.4, 0.5) is 0 Å². The summed E-state index contributed by atoms with van der Waals surface area (Å²) in [6, 6.07) is 0. The smallest absolute Gasteiger partial charge is 0.328 e. The maximum absolute atomic E-state index is 11.4. The second-order valence-electron chi connectivity index (χ2n) is 3.75. The first-order valence-corrected chi connectivity index (χ1v) is 5.12. The van der Waals surface area contributed by atoms with Crippen molar-refractivity contribution in [2.45, 2.75) is 25.4 Å². The standard InChI is InChI=1S/C11H16N2O3/c1-3-4-5-9(14)6-8-7-13(2)11(16)12-10(8)15/h3,7,9,14H,1,4-6H2,2H3,(H,12,15,16). The van der Waals surface area contributed by atoms with E-state index in [4.69, 9.17) is 0 Å². The lowest BCUT2D eigenvalue weighted by molar-refractivity contribution is 0.165. The van der Waals surface area contributed by atoms with Gasteiger partial charge in [-0.15, -0.1) is 6.58 Å². The number of allylic oxidation sites excluding steroid dienone is 1. The van der Waals surface area contributed by atoms with Crippen LogP contribution in [-0.4, -0.2) is 20.8 Å². The van der Waals surface area contributed by atoms with Gasteiger partial charge in [-0.25, -0.2) is 4.79 Å². The molecule has 1 aromatic heterocycles. The van der Waals surface area contributed by atoms with Crippen molar-refractivity contribution in [1.82, 2.24) is 9.55 Å². The quantitative estimate of drug-likeness (QED) is 0.688. The number of nitrogens with zero attached hydrogens (tertiary/aromatic N) is 1. The number of aromatic amines is 1. The van der Waals surface area contributed by atoms with Crippen LogP contribution in [-0.2, 0) is 13.5 Å². The summed E-state index contributed by atoms with van der Waals surface area (Å²) in [6.07, 6.45) is 4.09. The molecule has 1 aromatic rings.